The van der Waals surface area contributed by atoms with E-state index in [9.17, 15) is 13.2 Å². The first-order valence-corrected chi connectivity index (χ1v) is 15.0. The van der Waals surface area contributed by atoms with Gasteiger partial charge in [0.15, 0.2) is 0 Å². The molecular formula is C25H35N5O4S2. The predicted molar refractivity (Wildman–Crippen MR) is 146 cm³/mol. The van der Waals surface area contributed by atoms with Crippen LogP contribution >= 0.6 is 11.3 Å². The number of anilines is 2. The molecule has 11 heteroatoms. The average molecular weight is 534 g/mol. The first-order valence-electron chi connectivity index (χ1n) is 12.3. The second-order valence-corrected chi connectivity index (χ2v) is 12.2. The Labute approximate surface area is 216 Å². The predicted octanol–water partition coefficient (Wildman–Crippen LogP) is 4.42. The van der Waals surface area contributed by atoms with Crippen molar-refractivity contribution in [3.63, 3.8) is 0 Å². The molecule has 0 spiro atoms. The molecule has 1 saturated heterocycles. The van der Waals surface area contributed by atoms with Crippen LogP contribution in [-0.4, -0.2) is 73.0 Å². The maximum absolute atomic E-state index is 13.0. The summed E-state index contributed by atoms with van der Waals surface area (Å²) in [5.41, 5.74) is 3.08. The SMILES string of the molecule is CS(=O)(=O)O.Cc1nn(C2CCCCC2)c2sc(C(=O)Nc3ccc(N4CCN(C)CC4)cc3)cc12. The van der Waals surface area contributed by atoms with Crippen LogP contribution < -0.4 is 10.2 Å². The number of likely N-dealkylation sites (N-methyl/N-ethyl adjacent to an activating group) is 1. The highest BCUT2D eigenvalue weighted by atomic mass is 32.2. The largest absolute Gasteiger partial charge is 0.369 e. The van der Waals surface area contributed by atoms with Gasteiger partial charge in [-0.05, 0) is 57.1 Å². The lowest BCUT2D eigenvalue weighted by atomic mass is 9.96. The van der Waals surface area contributed by atoms with Crippen molar-refractivity contribution in [1.82, 2.24) is 14.7 Å². The Morgan fingerprint density at radius 3 is 2.31 bits per heavy atom. The second-order valence-electron chi connectivity index (χ2n) is 9.68. The van der Waals surface area contributed by atoms with Gasteiger partial charge in [-0.25, -0.2) is 0 Å². The number of carbonyl (C=O) groups excluding carboxylic acids is 1. The Kier molecular flexibility index (Phi) is 8.34. The molecule has 2 N–H and O–H groups in total. The number of thiophene rings is 1. The van der Waals surface area contributed by atoms with Crippen LogP contribution in [0.3, 0.4) is 0 Å². The van der Waals surface area contributed by atoms with Gasteiger partial charge in [0, 0.05) is 42.9 Å². The fourth-order valence-corrected chi connectivity index (χ4v) is 5.90. The van der Waals surface area contributed by atoms with Gasteiger partial charge in [-0.15, -0.1) is 11.3 Å². The van der Waals surface area contributed by atoms with Crippen LogP contribution in [0.2, 0.25) is 0 Å². The summed E-state index contributed by atoms with van der Waals surface area (Å²) >= 11 is 1.57. The third-order valence-corrected chi connectivity index (χ3v) is 7.83. The Morgan fingerprint density at radius 2 is 1.69 bits per heavy atom. The van der Waals surface area contributed by atoms with E-state index in [1.807, 2.05) is 25.1 Å². The molecule has 9 nitrogen and oxygen atoms in total. The number of nitrogens with zero attached hydrogens (tertiary/aromatic N) is 4. The molecule has 1 aromatic carbocycles. The summed E-state index contributed by atoms with van der Waals surface area (Å²) in [6, 6.07) is 10.7. The number of benzene rings is 1. The lowest BCUT2D eigenvalue weighted by molar-refractivity contribution is 0.103. The van der Waals surface area contributed by atoms with Crippen LogP contribution in [-0.2, 0) is 10.1 Å². The number of carbonyl (C=O) groups is 1. The first kappa shape index (κ1) is 26.6. The third-order valence-electron chi connectivity index (χ3n) is 6.71. The Morgan fingerprint density at radius 1 is 1.08 bits per heavy atom. The van der Waals surface area contributed by atoms with Crippen molar-refractivity contribution < 1.29 is 17.8 Å². The van der Waals surface area contributed by atoms with E-state index >= 15 is 0 Å². The van der Waals surface area contributed by atoms with E-state index in [-0.39, 0.29) is 5.91 Å². The fraction of sp³-hybridized carbons (Fsp3) is 0.520. The molecule has 2 aromatic heterocycles. The van der Waals surface area contributed by atoms with Gasteiger partial charge in [0.2, 0.25) is 0 Å². The molecule has 1 aliphatic heterocycles. The number of fused-ring (bicyclic) bond motifs is 1. The van der Waals surface area contributed by atoms with Gasteiger partial charge in [-0.1, -0.05) is 19.3 Å². The Balaban J connectivity index is 0.000000556. The summed E-state index contributed by atoms with van der Waals surface area (Å²) in [4.78, 5) is 19.6. The summed E-state index contributed by atoms with van der Waals surface area (Å²) in [6.07, 6.45) is 6.96. The number of piperazine rings is 1. The van der Waals surface area contributed by atoms with Gasteiger partial charge in [0.25, 0.3) is 16.0 Å². The molecule has 3 aromatic rings. The van der Waals surface area contributed by atoms with Gasteiger partial charge < -0.3 is 15.1 Å². The minimum Gasteiger partial charge on any atom is -0.369 e. The Bertz CT molecular complexity index is 1280. The average Bonchev–Trinajstić information content (AvgIpc) is 3.40. The molecule has 0 unspecified atom stereocenters. The maximum atomic E-state index is 13.0. The lowest BCUT2D eigenvalue weighted by Gasteiger charge is -2.34. The summed E-state index contributed by atoms with van der Waals surface area (Å²) in [5.74, 6) is -0.0388. The fourth-order valence-electron chi connectivity index (χ4n) is 4.77. The van der Waals surface area contributed by atoms with Crippen molar-refractivity contribution in [3.8, 4) is 0 Å². The van der Waals surface area contributed by atoms with Crippen molar-refractivity contribution in [1.29, 1.82) is 0 Å². The van der Waals surface area contributed by atoms with E-state index in [0.717, 1.165) is 52.7 Å². The van der Waals surface area contributed by atoms with Gasteiger partial charge >= 0.3 is 0 Å². The first-order chi connectivity index (χ1) is 17.1. The topological polar surface area (TPSA) is 108 Å². The molecular weight excluding hydrogens is 498 g/mol. The maximum Gasteiger partial charge on any atom is 0.265 e. The standard InChI is InChI=1S/C24H31N5OS.CH4O3S/c1-17-21-16-22(31-24(21)29(26-17)20-6-4-3-5-7-20)23(30)25-18-8-10-19(11-9-18)28-14-12-27(2)13-15-28;1-5(2,3)4/h8-11,16,20H,3-7,12-15H2,1-2H3,(H,25,30);1H3,(H,2,3,4). The number of nitrogens with one attached hydrogen (secondary N) is 1. The quantitative estimate of drug-likeness (QED) is 0.478. The smallest absolute Gasteiger partial charge is 0.265 e. The number of hydrogen-bond donors (Lipinski definition) is 2. The minimum atomic E-state index is -3.67. The van der Waals surface area contributed by atoms with Crippen molar-refractivity contribution in [2.75, 3.05) is 49.7 Å². The minimum absolute atomic E-state index is 0.0388. The van der Waals surface area contributed by atoms with Gasteiger partial charge in [-0.3, -0.25) is 14.0 Å². The molecule has 2 fully saturated rings. The van der Waals surface area contributed by atoms with E-state index in [1.165, 1.54) is 37.8 Å². The molecule has 0 atom stereocenters. The van der Waals surface area contributed by atoms with E-state index in [2.05, 4.69) is 39.0 Å². The van der Waals surface area contributed by atoms with Crippen LogP contribution in [0.5, 0.6) is 0 Å². The molecule has 2 aliphatic rings. The molecule has 1 aliphatic carbocycles. The number of hydrogen-bond acceptors (Lipinski definition) is 7. The number of rotatable bonds is 4. The van der Waals surface area contributed by atoms with E-state index < -0.39 is 10.1 Å². The van der Waals surface area contributed by atoms with Gasteiger partial charge in [0.05, 0.1) is 22.9 Å². The van der Waals surface area contributed by atoms with E-state index in [4.69, 9.17) is 9.65 Å². The summed E-state index contributed by atoms with van der Waals surface area (Å²) in [7, 11) is -1.50. The molecule has 5 rings (SSSR count). The van der Waals surface area contributed by atoms with Crippen LogP contribution in [0.1, 0.15) is 53.5 Å². The highest BCUT2D eigenvalue weighted by Gasteiger charge is 2.23. The number of aryl methyl sites for hydroxylation is 1. The highest BCUT2D eigenvalue weighted by Crippen LogP contribution is 2.35. The van der Waals surface area contributed by atoms with Crippen molar-refractivity contribution >= 4 is 49.0 Å². The zero-order valence-electron chi connectivity index (χ0n) is 21.1. The third kappa shape index (κ3) is 6.84. The van der Waals surface area contributed by atoms with Crippen LogP contribution in [0.15, 0.2) is 30.3 Å². The molecule has 1 amide bonds. The van der Waals surface area contributed by atoms with E-state index in [1.54, 1.807) is 11.3 Å². The molecule has 196 valence electrons. The zero-order chi connectivity index (χ0) is 25.9. The number of amides is 1. The Hall–Kier alpha value is -2.47. The highest BCUT2D eigenvalue weighted by molar-refractivity contribution is 7.85. The van der Waals surface area contributed by atoms with Gasteiger partial charge in [-0.2, -0.15) is 13.5 Å². The van der Waals surface area contributed by atoms with Crippen LogP contribution in [0.4, 0.5) is 11.4 Å². The van der Waals surface area contributed by atoms with Gasteiger partial charge in [0.1, 0.15) is 4.83 Å². The zero-order valence-corrected chi connectivity index (χ0v) is 22.7. The molecule has 3 heterocycles. The van der Waals surface area contributed by atoms with Crippen molar-refractivity contribution in [3.05, 3.63) is 40.9 Å². The summed E-state index contributed by atoms with van der Waals surface area (Å²) in [6.45, 7) is 6.31. The normalized spacial score (nSPS) is 17.6. The molecule has 0 radical (unpaired) electrons. The van der Waals surface area contributed by atoms with Crippen molar-refractivity contribution in [2.24, 2.45) is 0 Å². The number of aromatic nitrogens is 2. The van der Waals surface area contributed by atoms with Crippen LogP contribution in [0.25, 0.3) is 10.2 Å². The molecule has 36 heavy (non-hydrogen) atoms. The van der Waals surface area contributed by atoms with E-state index in [0.29, 0.717) is 12.3 Å². The molecule has 1 saturated carbocycles. The summed E-state index contributed by atoms with van der Waals surface area (Å²) in [5, 5.41) is 9.00. The van der Waals surface area contributed by atoms with Crippen LogP contribution in [0, 0.1) is 6.92 Å². The lowest BCUT2D eigenvalue weighted by Crippen LogP contribution is -2.44. The summed E-state index contributed by atoms with van der Waals surface area (Å²) < 4.78 is 28.1. The monoisotopic (exact) mass is 533 g/mol. The molecule has 0 bridgehead atoms. The van der Waals surface area contributed by atoms with Crippen molar-refractivity contribution in [2.45, 2.75) is 45.1 Å². The second kappa shape index (κ2) is 11.3.